The molecule has 8 heteroatoms. The summed E-state index contributed by atoms with van der Waals surface area (Å²) in [5.41, 5.74) is 11.8. The van der Waals surface area contributed by atoms with Gasteiger partial charge in [0.15, 0.2) is 0 Å². The highest BCUT2D eigenvalue weighted by molar-refractivity contribution is 5.89. The minimum atomic E-state index is 0.00179. The van der Waals surface area contributed by atoms with E-state index in [0.29, 0.717) is 17.9 Å². The molecule has 1 saturated carbocycles. The summed E-state index contributed by atoms with van der Waals surface area (Å²) in [6.45, 7) is 18.5. The van der Waals surface area contributed by atoms with Crippen LogP contribution in [-0.4, -0.2) is 54.1 Å². The Kier molecular flexibility index (Phi) is 8.95. The summed E-state index contributed by atoms with van der Waals surface area (Å²) in [5.74, 6) is 2.42. The van der Waals surface area contributed by atoms with Gasteiger partial charge in [0, 0.05) is 31.2 Å². The summed E-state index contributed by atoms with van der Waals surface area (Å²) in [7, 11) is 0. The van der Waals surface area contributed by atoms with Crippen LogP contribution in [0.4, 0.5) is 5.82 Å². The number of aromatic nitrogens is 5. The van der Waals surface area contributed by atoms with Crippen molar-refractivity contribution in [2.24, 2.45) is 5.92 Å². The number of aromatic amines is 1. The summed E-state index contributed by atoms with van der Waals surface area (Å²) < 4.78 is 8.76. The molecule has 1 aliphatic heterocycles. The van der Waals surface area contributed by atoms with Gasteiger partial charge in [0.1, 0.15) is 29.8 Å². The Bertz CT molecular complexity index is 1490. The number of anilines is 1. The summed E-state index contributed by atoms with van der Waals surface area (Å²) >= 11 is 0. The molecule has 4 heterocycles. The molecular formula is C34H51N7O. The number of nitrogens with zero attached hydrogens (tertiary/aromatic N) is 5. The number of H-pyrrole nitrogens is 1. The Labute approximate surface area is 251 Å². The van der Waals surface area contributed by atoms with Crippen molar-refractivity contribution >= 4 is 27.9 Å². The number of aryl methyl sites for hydroxylation is 2. The first-order valence-electron chi connectivity index (χ1n) is 16.0. The lowest BCUT2D eigenvalue weighted by Crippen LogP contribution is -2.50. The Morgan fingerprint density at radius 1 is 1.14 bits per heavy atom. The predicted octanol–water partition coefficient (Wildman–Crippen LogP) is 7.32. The van der Waals surface area contributed by atoms with Gasteiger partial charge in [-0.05, 0) is 87.5 Å². The van der Waals surface area contributed by atoms with Crippen molar-refractivity contribution < 1.29 is 4.74 Å². The van der Waals surface area contributed by atoms with E-state index in [0.717, 1.165) is 65.2 Å². The Balaban J connectivity index is 0.00000173. The molecule has 8 nitrogen and oxygen atoms in total. The minimum absolute atomic E-state index is 0.00179. The van der Waals surface area contributed by atoms with Gasteiger partial charge in [0.2, 0.25) is 0 Å². The van der Waals surface area contributed by atoms with Crippen molar-refractivity contribution in [3.8, 4) is 0 Å². The highest BCUT2D eigenvalue weighted by Crippen LogP contribution is 2.39. The zero-order valence-corrected chi connectivity index (χ0v) is 26.9. The van der Waals surface area contributed by atoms with Gasteiger partial charge in [-0.2, -0.15) is 0 Å². The molecule has 228 valence electrons. The Hall–Kier alpha value is -2.97. The molecule has 1 saturated heterocycles. The molecule has 1 aromatic carbocycles. The van der Waals surface area contributed by atoms with E-state index in [1.165, 1.54) is 24.8 Å². The number of fused-ring (bicyclic) bond motifs is 2. The molecule has 2 unspecified atom stereocenters. The third kappa shape index (κ3) is 6.20. The third-order valence-electron chi connectivity index (χ3n) is 9.17. The monoisotopic (exact) mass is 573 g/mol. The van der Waals surface area contributed by atoms with Crippen LogP contribution in [0.2, 0.25) is 0 Å². The van der Waals surface area contributed by atoms with Crippen LogP contribution in [0.1, 0.15) is 104 Å². The molecule has 2 atom stereocenters. The molecule has 3 N–H and O–H groups in total. The topological polar surface area (TPSA) is 97.9 Å². The predicted molar refractivity (Wildman–Crippen MR) is 173 cm³/mol. The standard InChI is InChI=1S/C32H45N7O.C2H6/c1-19(2)38(17-24-9-12-28(40-24)39-16-20(3)29-30(33)34-18-35-31(29)39)23-13-21(14-23)7-11-27-36-25-10-8-22(32(4,5)6)15-26(25)37-27;1-2/h8,10,15-16,18-19,21,23-24,28H,7,9,11-14,17H2,1-6H3,(H,36,37)(H2,33,34,35);1-2H3. The van der Waals surface area contributed by atoms with Crippen LogP contribution in [0.15, 0.2) is 30.7 Å². The first kappa shape index (κ1) is 30.5. The molecule has 3 aromatic heterocycles. The van der Waals surface area contributed by atoms with E-state index in [9.17, 15) is 0 Å². The van der Waals surface area contributed by atoms with Gasteiger partial charge in [0.25, 0.3) is 0 Å². The molecule has 4 aromatic rings. The van der Waals surface area contributed by atoms with Crippen molar-refractivity contribution in [1.82, 2.24) is 29.4 Å². The second-order valence-corrected chi connectivity index (χ2v) is 13.5. The molecule has 0 bridgehead atoms. The van der Waals surface area contributed by atoms with E-state index in [2.05, 4.69) is 90.4 Å². The van der Waals surface area contributed by atoms with E-state index in [4.69, 9.17) is 15.5 Å². The van der Waals surface area contributed by atoms with Crippen LogP contribution in [0, 0.1) is 12.8 Å². The number of benzene rings is 1. The normalized spacial score (nSPS) is 22.6. The van der Waals surface area contributed by atoms with Crippen molar-refractivity contribution in [3.63, 3.8) is 0 Å². The van der Waals surface area contributed by atoms with E-state index in [1.54, 1.807) is 6.33 Å². The molecule has 0 spiro atoms. The van der Waals surface area contributed by atoms with Gasteiger partial charge < -0.3 is 20.0 Å². The van der Waals surface area contributed by atoms with E-state index in [1.807, 2.05) is 13.8 Å². The van der Waals surface area contributed by atoms with Crippen LogP contribution in [0.3, 0.4) is 0 Å². The fraction of sp³-hybridized carbons (Fsp3) is 0.618. The first-order chi connectivity index (χ1) is 20.1. The Morgan fingerprint density at radius 2 is 1.90 bits per heavy atom. The van der Waals surface area contributed by atoms with Gasteiger partial charge >= 0.3 is 0 Å². The smallest absolute Gasteiger partial charge is 0.147 e. The van der Waals surface area contributed by atoms with Gasteiger partial charge in [-0.15, -0.1) is 0 Å². The summed E-state index contributed by atoms with van der Waals surface area (Å²) in [6, 6.07) is 7.79. The molecule has 6 rings (SSSR count). The highest BCUT2D eigenvalue weighted by atomic mass is 16.5. The van der Waals surface area contributed by atoms with Crippen LogP contribution in [-0.2, 0) is 16.6 Å². The average molecular weight is 574 g/mol. The number of ether oxygens (including phenoxy) is 1. The van der Waals surface area contributed by atoms with Crippen LogP contribution < -0.4 is 5.73 Å². The van der Waals surface area contributed by atoms with Gasteiger partial charge in [0.05, 0.1) is 22.5 Å². The largest absolute Gasteiger partial charge is 0.383 e. The van der Waals surface area contributed by atoms with Crippen LogP contribution >= 0.6 is 0 Å². The minimum Gasteiger partial charge on any atom is -0.383 e. The molecule has 0 amide bonds. The number of imidazole rings is 1. The molecule has 1 aliphatic carbocycles. The van der Waals surface area contributed by atoms with Crippen molar-refractivity contribution in [3.05, 3.63) is 47.7 Å². The van der Waals surface area contributed by atoms with Crippen molar-refractivity contribution in [2.45, 2.75) is 124 Å². The summed E-state index contributed by atoms with van der Waals surface area (Å²) in [5, 5.41) is 0.941. The Morgan fingerprint density at radius 3 is 2.62 bits per heavy atom. The second kappa shape index (κ2) is 12.3. The maximum Gasteiger partial charge on any atom is 0.147 e. The molecule has 2 aliphatic rings. The third-order valence-corrected chi connectivity index (χ3v) is 9.17. The highest BCUT2D eigenvalue weighted by Gasteiger charge is 2.37. The number of hydrogen-bond donors (Lipinski definition) is 2. The number of hydrogen-bond acceptors (Lipinski definition) is 6. The van der Waals surface area contributed by atoms with E-state index < -0.39 is 0 Å². The lowest BCUT2D eigenvalue weighted by molar-refractivity contribution is -0.0391. The van der Waals surface area contributed by atoms with E-state index in [-0.39, 0.29) is 17.7 Å². The average Bonchev–Trinajstić information content (AvgIpc) is 3.64. The number of rotatable bonds is 8. The van der Waals surface area contributed by atoms with Gasteiger partial charge in [-0.3, -0.25) is 4.90 Å². The van der Waals surface area contributed by atoms with Gasteiger partial charge in [-0.25, -0.2) is 15.0 Å². The SMILES string of the molecule is CC.Cc1cn(C2CCC(CN(C(C)C)C3CC(CCc4nc5ccc(C(C)(C)C)cc5[nH]4)C3)O2)c2ncnc(N)c12. The molecular weight excluding hydrogens is 522 g/mol. The zero-order chi connectivity index (χ0) is 30.2. The van der Waals surface area contributed by atoms with Crippen LogP contribution in [0.5, 0.6) is 0 Å². The van der Waals surface area contributed by atoms with E-state index >= 15 is 0 Å². The van der Waals surface area contributed by atoms with Crippen molar-refractivity contribution in [1.29, 1.82) is 0 Å². The molecule has 2 fully saturated rings. The number of nitrogen functional groups attached to an aromatic ring is 1. The fourth-order valence-corrected chi connectivity index (χ4v) is 6.75. The van der Waals surface area contributed by atoms with Gasteiger partial charge in [-0.1, -0.05) is 40.7 Å². The lowest BCUT2D eigenvalue weighted by atomic mass is 9.76. The maximum absolute atomic E-state index is 6.61. The fourth-order valence-electron chi connectivity index (χ4n) is 6.75. The second-order valence-electron chi connectivity index (χ2n) is 13.5. The maximum atomic E-state index is 6.61. The lowest BCUT2D eigenvalue weighted by Gasteiger charge is -2.46. The zero-order valence-electron chi connectivity index (χ0n) is 26.9. The first-order valence-corrected chi connectivity index (χ1v) is 16.0. The van der Waals surface area contributed by atoms with Crippen LogP contribution in [0.25, 0.3) is 22.1 Å². The summed E-state index contributed by atoms with van der Waals surface area (Å²) in [4.78, 5) is 19.8. The van der Waals surface area contributed by atoms with Crippen molar-refractivity contribution in [2.75, 3.05) is 12.3 Å². The quantitative estimate of drug-likeness (QED) is 0.229. The molecule has 42 heavy (non-hydrogen) atoms. The number of nitrogens with one attached hydrogen (secondary N) is 1. The summed E-state index contributed by atoms with van der Waals surface area (Å²) in [6.07, 6.45) is 10.7. The molecule has 0 radical (unpaired) electrons. The number of nitrogens with two attached hydrogens (primary N) is 1.